The molecule has 0 spiro atoms. The Morgan fingerprint density at radius 2 is 2.24 bits per heavy atom. The van der Waals surface area contributed by atoms with Crippen LogP contribution in [0.25, 0.3) is 0 Å². The van der Waals surface area contributed by atoms with Crippen LogP contribution in [0.3, 0.4) is 0 Å². The van der Waals surface area contributed by atoms with Crippen molar-refractivity contribution < 1.29 is 9.32 Å². The highest BCUT2D eigenvalue weighted by Crippen LogP contribution is 2.29. The SMILES string of the molecule is C=CCn1nc(C(=O)N2CCSCC2)c2c1CC[C@H](N(C)Cc1cc(C)no1)C2. The van der Waals surface area contributed by atoms with Crippen molar-refractivity contribution >= 4 is 17.7 Å². The molecule has 1 saturated heterocycles. The number of likely N-dealkylation sites (N-methyl/N-ethyl adjacent to an activating group) is 1. The summed E-state index contributed by atoms with van der Waals surface area (Å²) in [6.07, 6.45) is 4.64. The van der Waals surface area contributed by atoms with E-state index < -0.39 is 0 Å². The molecule has 1 atom stereocenters. The predicted octanol–water partition coefficient (Wildman–Crippen LogP) is 2.54. The van der Waals surface area contributed by atoms with Gasteiger partial charge in [0.1, 0.15) is 0 Å². The minimum Gasteiger partial charge on any atom is -0.360 e. The minimum atomic E-state index is 0.0820. The van der Waals surface area contributed by atoms with E-state index in [1.54, 1.807) is 0 Å². The molecule has 2 aromatic heterocycles. The smallest absolute Gasteiger partial charge is 0.274 e. The molecule has 1 amide bonds. The topological polar surface area (TPSA) is 67.4 Å². The first-order valence-corrected chi connectivity index (χ1v) is 11.4. The van der Waals surface area contributed by atoms with Gasteiger partial charge in [-0.15, -0.1) is 6.58 Å². The van der Waals surface area contributed by atoms with Gasteiger partial charge in [0.15, 0.2) is 11.5 Å². The van der Waals surface area contributed by atoms with Gasteiger partial charge in [-0.05, 0) is 33.2 Å². The molecule has 2 aliphatic rings. The van der Waals surface area contributed by atoms with E-state index in [4.69, 9.17) is 9.62 Å². The van der Waals surface area contributed by atoms with Crippen LogP contribution in [0.5, 0.6) is 0 Å². The Morgan fingerprint density at radius 3 is 2.93 bits per heavy atom. The summed E-state index contributed by atoms with van der Waals surface area (Å²) in [4.78, 5) is 17.5. The molecule has 3 heterocycles. The zero-order valence-corrected chi connectivity index (χ0v) is 18.1. The number of hydrogen-bond acceptors (Lipinski definition) is 6. The van der Waals surface area contributed by atoms with Crippen LogP contribution in [-0.4, -0.2) is 68.3 Å². The van der Waals surface area contributed by atoms with Gasteiger partial charge < -0.3 is 9.42 Å². The van der Waals surface area contributed by atoms with Crippen LogP contribution in [0.4, 0.5) is 0 Å². The molecule has 29 heavy (non-hydrogen) atoms. The van der Waals surface area contributed by atoms with Crippen LogP contribution >= 0.6 is 11.8 Å². The van der Waals surface area contributed by atoms with Crippen LogP contribution in [-0.2, 0) is 25.9 Å². The van der Waals surface area contributed by atoms with Gasteiger partial charge in [0.05, 0.1) is 18.8 Å². The van der Waals surface area contributed by atoms with E-state index in [1.807, 2.05) is 40.4 Å². The van der Waals surface area contributed by atoms with Gasteiger partial charge in [0, 0.05) is 48.0 Å². The number of aryl methyl sites for hydroxylation is 1. The molecular weight excluding hydrogens is 386 g/mol. The Kier molecular flexibility index (Phi) is 6.10. The zero-order valence-electron chi connectivity index (χ0n) is 17.3. The zero-order chi connectivity index (χ0) is 20.4. The van der Waals surface area contributed by atoms with Crippen molar-refractivity contribution in [3.63, 3.8) is 0 Å². The fraction of sp³-hybridized carbons (Fsp3) is 0.571. The number of carbonyl (C=O) groups is 1. The summed E-state index contributed by atoms with van der Waals surface area (Å²) in [7, 11) is 2.12. The average Bonchev–Trinajstić information content (AvgIpc) is 3.31. The molecule has 156 valence electrons. The summed E-state index contributed by atoms with van der Waals surface area (Å²) in [5.74, 6) is 2.96. The molecule has 2 aromatic rings. The number of nitrogens with zero attached hydrogens (tertiary/aromatic N) is 5. The number of hydrogen-bond donors (Lipinski definition) is 0. The van der Waals surface area contributed by atoms with Crippen molar-refractivity contribution in [1.82, 2.24) is 24.7 Å². The van der Waals surface area contributed by atoms with Gasteiger partial charge in [-0.25, -0.2) is 0 Å². The van der Waals surface area contributed by atoms with Crippen molar-refractivity contribution in [2.75, 3.05) is 31.6 Å². The van der Waals surface area contributed by atoms with Crippen LogP contribution in [0.2, 0.25) is 0 Å². The molecule has 0 saturated carbocycles. The lowest BCUT2D eigenvalue weighted by molar-refractivity contribution is 0.0763. The molecule has 7 nitrogen and oxygen atoms in total. The summed E-state index contributed by atoms with van der Waals surface area (Å²) in [6, 6.07) is 2.33. The van der Waals surface area contributed by atoms with Crippen molar-refractivity contribution in [3.8, 4) is 0 Å². The minimum absolute atomic E-state index is 0.0820. The first kappa shape index (κ1) is 20.2. The van der Waals surface area contributed by atoms with Gasteiger partial charge in [-0.1, -0.05) is 11.2 Å². The van der Waals surface area contributed by atoms with Crippen molar-refractivity contribution in [1.29, 1.82) is 0 Å². The molecule has 0 radical (unpaired) electrons. The Morgan fingerprint density at radius 1 is 1.45 bits per heavy atom. The molecule has 1 fully saturated rings. The van der Waals surface area contributed by atoms with Gasteiger partial charge in [-0.2, -0.15) is 16.9 Å². The quantitative estimate of drug-likeness (QED) is 0.676. The number of fused-ring (bicyclic) bond motifs is 1. The Balaban J connectivity index is 1.56. The standard InChI is InChI=1S/C21H29N5O2S/c1-4-7-26-19-6-5-16(24(3)14-17-12-15(2)23-28-17)13-18(19)20(22-26)21(27)25-8-10-29-11-9-25/h4,12,16H,1,5-11,13-14H2,2-3H3/t16-/m0/s1. The van der Waals surface area contributed by atoms with E-state index in [1.165, 1.54) is 5.69 Å². The number of amides is 1. The molecule has 0 bridgehead atoms. The van der Waals surface area contributed by atoms with E-state index in [2.05, 4.69) is 23.7 Å². The molecule has 1 aliphatic carbocycles. The van der Waals surface area contributed by atoms with E-state index in [9.17, 15) is 4.79 Å². The monoisotopic (exact) mass is 415 g/mol. The highest BCUT2D eigenvalue weighted by molar-refractivity contribution is 7.99. The van der Waals surface area contributed by atoms with E-state index >= 15 is 0 Å². The number of carbonyl (C=O) groups excluding carboxylic acids is 1. The first-order valence-electron chi connectivity index (χ1n) is 10.3. The Bertz CT molecular complexity index is 884. The van der Waals surface area contributed by atoms with Crippen LogP contribution < -0.4 is 0 Å². The maximum absolute atomic E-state index is 13.2. The maximum Gasteiger partial charge on any atom is 0.274 e. The van der Waals surface area contributed by atoms with E-state index in [0.29, 0.717) is 24.8 Å². The second-order valence-electron chi connectivity index (χ2n) is 7.90. The van der Waals surface area contributed by atoms with Crippen molar-refractivity contribution in [3.05, 3.63) is 47.1 Å². The van der Waals surface area contributed by atoms with Crippen LogP contribution in [0.15, 0.2) is 23.2 Å². The number of thioether (sulfide) groups is 1. The Hall–Kier alpha value is -2.06. The maximum atomic E-state index is 13.2. The van der Waals surface area contributed by atoms with Gasteiger partial charge in [-0.3, -0.25) is 14.4 Å². The largest absolute Gasteiger partial charge is 0.360 e. The first-order chi connectivity index (χ1) is 14.1. The molecule has 4 rings (SSSR count). The highest BCUT2D eigenvalue weighted by atomic mass is 32.2. The number of rotatable bonds is 6. The van der Waals surface area contributed by atoms with Gasteiger partial charge >= 0.3 is 0 Å². The third-order valence-corrected chi connectivity index (χ3v) is 6.77. The summed E-state index contributed by atoms with van der Waals surface area (Å²) in [6.45, 7) is 8.76. The number of allylic oxidation sites excluding steroid dienone is 1. The molecule has 0 unspecified atom stereocenters. The number of aromatic nitrogens is 3. The second kappa shape index (κ2) is 8.75. The predicted molar refractivity (Wildman–Crippen MR) is 114 cm³/mol. The van der Waals surface area contributed by atoms with Gasteiger partial charge in [0.2, 0.25) is 0 Å². The lowest BCUT2D eigenvalue weighted by atomic mass is 9.90. The van der Waals surface area contributed by atoms with Crippen molar-refractivity contribution in [2.45, 2.75) is 45.3 Å². The van der Waals surface area contributed by atoms with E-state index in [0.717, 1.165) is 60.9 Å². The average molecular weight is 416 g/mol. The summed E-state index contributed by atoms with van der Waals surface area (Å²) >= 11 is 1.91. The van der Waals surface area contributed by atoms with Crippen LogP contribution in [0.1, 0.15) is 39.6 Å². The Labute approximate surface area is 176 Å². The molecule has 1 aliphatic heterocycles. The molecule has 8 heteroatoms. The fourth-order valence-electron chi connectivity index (χ4n) is 4.27. The normalized spacial score (nSPS) is 19.4. The third kappa shape index (κ3) is 4.28. The lowest BCUT2D eigenvalue weighted by Gasteiger charge is -2.31. The van der Waals surface area contributed by atoms with Crippen molar-refractivity contribution in [2.24, 2.45) is 0 Å². The summed E-state index contributed by atoms with van der Waals surface area (Å²) < 4.78 is 7.37. The highest BCUT2D eigenvalue weighted by Gasteiger charge is 2.32. The lowest BCUT2D eigenvalue weighted by Crippen LogP contribution is -2.40. The van der Waals surface area contributed by atoms with Crippen LogP contribution in [0, 0.1) is 6.92 Å². The second-order valence-corrected chi connectivity index (χ2v) is 9.12. The summed E-state index contributed by atoms with van der Waals surface area (Å²) in [5, 5.41) is 8.73. The van der Waals surface area contributed by atoms with E-state index in [-0.39, 0.29) is 5.91 Å². The summed E-state index contributed by atoms with van der Waals surface area (Å²) in [5.41, 5.74) is 3.85. The molecule has 0 aromatic carbocycles. The molecule has 0 N–H and O–H groups in total. The molecular formula is C21H29N5O2S. The fourth-order valence-corrected chi connectivity index (χ4v) is 5.18. The van der Waals surface area contributed by atoms with Gasteiger partial charge in [0.25, 0.3) is 5.91 Å². The third-order valence-electron chi connectivity index (χ3n) is 5.83.